The number of rotatable bonds is 5. The van der Waals surface area contributed by atoms with Crippen molar-refractivity contribution in [2.45, 2.75) is 51.6 Å². The van der Waals surface area contributed by atoms with E-state index >= 15 is 0 Å². The molecule has 1 saturated heterocycles. The summed E-state index contributed by atoms with van der Waals surface area (Å²) in [5.41, 5.74) is -0.567. The maximum atomic E-state index is 12.2. The van der Waals surface area contributed by atoms with Crippen LogP contribution in [-0.2, 0) is 9.59 Å². The third-order valence-corrected chi connectivity index (χ3v) is 3.50. The van der Waals surface area contributed by atoms with Gasteiger partial charge in [-0.3, -0.25) is 4.79 Å². The minimum absolute atomic E-state index is 0.119. The van der Waals surface area contributed by atoms with E-state index in [4.69, 9.17) is 5.11 Å². The van der Waals surface area contributed by atoms with Gasteiger partial charge in [-0.25, -0.2) is 4.79 Å². The molecule has 0 spiro atoms. The van der Waals surface area contributed by atoms with Crippen molar-refractivity contribution in [3.05, 3.63) is 0 Å². The predicted octanol–water partition coefficient (Wildman–Crippen LogP) is 0.744. The Morgan fingerprint density at radius 1 is 1.47 bits per heavy atom. The Morgan fingerprint density at radius 3 is 2.47 bits per heavy atom. The molecule has 0 bridgehead atoms. The molecule has 3 N–H and O–H groups in total. The minimum Gasteiger partial charge on any atom is -0.480 e. The van der Waals surface area contributed by atoms with Gasteiger partial charge in [0.2, 0.25) is 5.91 Å². The number of carboxylic acid groups (broad SMARTS) is 1. The lowest BCUT2D eigenvalue weighted by molar-refractivity contribution is -0.144. The van der Waals surface area contributed by atoms with Crippen molar-refractivity contribution in [2.75, 3.05) is 6.54 Å². The first kappa shape index (κ1) is 14.0. The largest absolute Gasteiger partial charge is 0.480 e. The first-order valence-electron chi connectivity index (χ1n) is 6.22. The first-order valence-corrected chi connectivity index (χ1v) is 6.22. The highest BCUT2D eigenvalue weighted by Crippen LogP contribution is 2.23. The number of aliphatic carboxylic acids is 1. The molecule has 1 heterocycles. The van der Waals surface area contributed by atoms with Crippen LogP contribution in [0.15, 0.2) is 0 Å². The van der Waals surface area contributed by atoms with Gasteiger partial charge >= 0.3 is 5.97 Å². The average molecular weight is 242 g/mol. The van der Waals surface area contributed by atoms with Gasteiger partial charge in [-0.15, -0.1) is 0 Å². The van der Waals surface area contributed by atoms with Crippen LogP contribution in [0.25, 0.3) is 0 Å². The molecule has 0 aliphatic carbocycles. The number of amides is 1. The van der Waals surface area contributed by atoms with E-state index in [0.29, 0.717) is 6.42 Å². The fourth-order valence-corrected chi connectivity index (χ4v) is 2.26. The zero-order valence-electron chi connectivity index (χ0n) is 10.7. The average Bonchev–Trinajstić information content (AvgIpc) is 2.74. The maximum Gasteiger partial charge on any atom is 0.326 e. The van der Waals surface area contributed by atoms with Crippen LogP contribution < -0.4 is 10.6 Å². The summed E-state index contributed by atoms with van der Waals surface area (Å²) >= 11 is 0. The topological polar surface area (TPSA) is 78.4 Å². The lowest BCUT2D eigenvalue weighted by Crippen LogP contribution is -2.57. The molecule has 1 rings (SSSR count). The van der Waals surface area contributed by atoms with Crippen LogP contribution in [-0.4, -0.2) is 35.1 Å². The van der Waals surface area contributed by atoms with Crippen molar-refractivity contribution in [3.8, 4) is 0 Å². The zero-order valence-corrected chi connectivity index (χ0v) is 10.7. The second kappa shape index (κ2) is 5.49. The number of hydrogen-bond acceptors (Lipinski definition) is 3. The fraction of sp³-hybridized carbons (Fsp3) is 0.833. The zero-order chi connectivity index (χ0) is 13.1. The normalized spacial score (nSPS) is 25.9. The van der Waals surface area contributed by atoms with Gasteiger partial charge in [0.25, 0.3) is 0 Å². The molecule has 2 atom stereocenters. The molecular formula is C12H22N2O3. The summed E-state index contributed by atoms with van der Waals surface area (Å²) in [5, 5.41) is 14.9. The monoisotopic (exact) mass is 242 g/mol. The van der Waals surface area contributed by atoms with Gasteiger partial charge in [0.05, 0.1) is 5.54 Å². The van der Waals surface area contributed by atoms with Gasteiger partial charge in [0.1, 0.15) is 6.04 Å². The first-order chi connectivity index (χ1) is 7.93. The predicted molar refractivity (Wildman–Crippen MR) is 64.7 cm³/mol. The van der Waals surface area contributed by atoms with Crippen molar-refractivity contribution in [3.63, 3.8) is 0 Å². The van der Waals surface area contributed by atoms with Crippen LogP contribution in [0, 0.1) is 5.92 Å². The lowest BCUT2D eigenvalue weighted by Gasteiger charge is -2.29. The van der Waals surface area contributed by atoms with Gasteiger partial charge in [-0.2, -0.15) is 0 Å². The molecule has 1 fully saturated rings. The van der Waals surface area contributed by atoms with E-state index in [0.717, 1.165) is 19.4 Å². The molecule has 0 aromatic carbocycles. The summed E-state index contributed by atoms with van der Waals surface area (Å²) < 4.78 is 0. The van der Waals surface area contributed by atoms with Crippen LogP contribution in [0.2, 0.25) is 0 Å². The SMILES string of the molecule is CCC1(C(=O)N[C@@H](C(=O)O)C(C)C)CCCN1. The van der Waals surface area contributed by atoms with E-state index < -0.39 is 17.6 Å². The van der Waals surface area contributed by atoms with Gasteiger partial charge in [-0.05, 0) is 31.7 Å². The number of hydrogen-bond donors (Lipinski definition) is 3. The quantitative estimate of drug-likeness (QED) is 0.664. The molecule has 0 radical (unpaired) electrons. The third kappa shape index (κ3) is 2.97. The standard InChI is InChI=1S/C12H22N2O3/c1-4-12(6-5-7-13-12)11(17)14-9(8(2)3)10(15)16/h8-9,13H,4-7H2,1-3H3,(H,14,17)(H,15,16)/t9-,12?/m1/s1. The Balaban J connectivity index is 2.72. The molecule has 1 aliphatic heterocycles. The highest BCUT2D eigenvalue weighted by molar-refractivity contribution is 5.90. The fourth-order valence-electron chi connectivity index (χ4n) is 2.26. The van der Waals surface area contributed by atoms with Crippen molar-refractivity contribution in [1.29, 1.82) is 0 Å². The highest BCUT2D eigenvalue weighted by atomic mass is 16.4. The van der Waals surface area contributed by atoms with E-state index in [2.05, 4.69) is 10.6 Å². The Labute approximate surface area is 102 Å². The van der Waals surface area contributed by atoms with Crippen molar-refractivity contribution >= 4 is 11.9 Å². The molecule has 98 valence electrons. The second-order valence-corrected chi connectivity index (χ2v) is 5.00. The van der Waals surface area contributed by atoms with E-state index in [1.165, 1.54) is 0 Å². The second-order valence-electron chi connectivity index (χ2n) is 5.00. The molecule has 5 nitrogen and oxygen atoms in total. The number of carboxylic acids is 1. The van der Waals surface area contributed by atoms with Crippen LogP contribution in [0.4, 0.5) is 0 Å². The lowest BCUT2D eigenvalue weighted by atomic mass is 9.92. The summed E-state index contributed by atoms with van der Waals surface area (Å²) in [6, 6.07) is -0.812. The van der Waals surface area contributed by atoms with Gasteiger partial charge in [0, 0.05) is 0 Å². The minimum atomic E-state index is -0.974. The summed E-state index contributed by atoms with van der Waals surface area (Å²) in [6.07, 6.45) is 2.42. The van der Waals surface area contributed by atoms with Crippen molar-refractivity contribution < 1.29 is 14.7 Å². The summed E-state index contributed by atoms with van der Waals surface area (Å²) in [4.78, 5) is 23.2. The van der Waals surface area contributed by atoms with Crippen LogP contribution in [0.1, 0.15) is 40.0 Å². The van der Waals surface area contributed by atoms with Crippen molar-refractivity contribution in [1.82, 2.24) is 10.6 Å². The smallest absolute Gasteiger partial charge is 0.326 e. The maximum absolute atomic E-state index is 12.2. The Kier molecular flexibility index (Phi) is 4.51. The summed E-state index contributed by atoms with van der Waals surface area (Å²) in [5.74, 6) is -1.28. The van der Waals surface area contributed by atoms with Crippen LogP contribution >= 0.6 is 0 Å². The summed E-state index contributed by atoms with van der Waals surface area (Å²) in [7, 11) is 0. The number of carbonyl (C=O) groups excluding carboxylic acids is 1. The number of nitrogens with one attached hydrogen (secondary N) is 2. The Hall–Kier alpha value is -1.10. The molecule has 0 aromatic heterocycles. The molecule has 5 heteroatoms. The highest BCUT2D eigenvalue weighted by Gasteiger charge is 2.40. The van der Waals surface area contributed by atoms with E-state index in [9.17, 15) is 9.59 Å². The molecule has 1 amide bonds. The summed E-state index contributed by atoms with van der Waals surface area (Å²) in [6.45, 7) is 6.35. The molecule has 1 aliphatic rings. The molecule has 1 unspecified atom stereocenters. The van der Waals surface area contributed by atoms with E-state index in [-0.39, 0.29) is 11.8 Å². The number of carbonyl (C=O) groups is 2. The molecule has 0 aromatic rings. The molecule has 17 heavy (non-hydrogen) atoms. The molecule has 0 saturated carbocycles. The van der Waals surface area contributed by atoms with E-state index in [1.54, 1.807) is 13.8 Å². The van der Waals surface area contributed by atoms with Gasteiger partial charge in [-0.1, -0.05) is 20.8 Å². The molecular weight excluding hydrogens is 220 g/mol. The van der Waals surface area contributed by atoms with Crippen LogP contribution in [0.5, 0.6) is 0 Å². The Bertz CT molecular complexity index is 296. The van der Waals surface area contributed by atoms with Gasteiger partial charge < -0.3 is 15.7 Å². The third-order valence-electron chi connectivity index (χ3n) is 3.50. The van der Waals surface area contributed by atoms with Gasteiger partial charge in [0.15, 0.2) is 0 Å². The van der Waals surface area contributed by atoms with Crippen molar-refractivity contribution in [2.24, 2.45) is 5.92 Å². The Morgan fingerprint density at radius 2 is 2.12 bits per heavy atom. The van der Waals surface area contributed by atoms with E-state index in [1.807, 2.05) is 6.92 Å². The van der Waals surface area contributed by atoms with Crippen LogP contribution in [0.3, 0.4) is 0 Å².